The maximum atomic E-state index is 6.75. The summed E-state index contributed by atoms with van der Waals surface area (Å²) in [5.41, 5.74) is 30.7. The van der Waals surface area contributed by atoms with Crippen LogP contribution in [0.1, 0.15) is 0 Å². The second-order valence-electron chi connectivity index (χ2n) is 5.04. The second-order valence-corrected chi connectivity index (χ2v) is 5.04. The molecule has 0 aliphatic carbocycles. The molecule has 0 saturated heterocycles. The third-order valence-electron chi connectivity index (χ3n) is 3.18. The summed E-state index contributed by atoms with van der Waals surface area (Å²) in [5.74, 6) is 0. The Hall–Kier alpha value is -4.20. The van der Waals surface area contributed by atoms with E-state index in [-0.39, 0.29) is 25.0 Å². The molecular weight excluding hydrogens is 462 g/mol. The molecule has 4 aromatic heterocycles. The van der Waals surface area contributed by atoms with Crippen LogP contribution in [0.3, 0.4) is 0 Å². The molecule has 0 aliphatic rings. The van der Waals surface area contributed by atoms with Crippen molar-refractivity contribution in [3.05, 3.63) is 130 Å². The average Bonchev–Trinajstić information content (AvgIpc) is 2.83. The van der Waals surface area contributed by atoms with Crippen LogP contribution in [0.25, 0.3) is 54.7 Å². The molecule has 0 radical (unpaired) electrons. The van der Waals surface area contributed by atoms with Crippen LogP contribution in [0.15, 0.2) is 97.6 Å². The molecule has 11 nitrogen and oxygen atoms in total. The van der Waals surface area contributed by atoms with E-state index in [9.17, 15) is 0 Å². The van der Waals surface area contributed by atoms with E-state index in [1.165, 1.54) is 9.82 Å². The van der Waals surface area contributed by atoms with Crippen LogP contribution in [0, 0.1) is 0 Å². The minimum Gasteiger partial charge on any atom is -0.412 e. The zero-order chi connectivity index (χ0) is 21.9. The Bertz CT molecular complexity index is 865. The SMILES string of the molecule is O.[N-]=[N+]=[N-].[N-]=[N+]=[N-].[Zn+2].c1ccc(-c2ccccn2)nc1.c1ccc(-c2ccccn2)nc1. The van der Waals surface area contributed by atoms with Gasteiger partial charge in [0.2, 0.25) is 0 Å². The monoisotopic (exact) mass is 478 g/mol. The van der Waals surface area contributed by atoms with Crippen molar-refractivity contribution >= 4 is 0 Å². The third kappa shape index (κ3) is 12.4. The summed E-state index contributed by atoms with van der Waals surface area (Å²) in [4.78, 5) is 19.7. The molecule has 0 saturated carbocycles. The summed E-state index contributed by atoms with van der Waals surface area (Å²) in [5, 5.41) is 0. The molecule has 0 bridgehead atoms. The smallest absolute Gasteiger partial charge is 0.412 e. The summed E-state index contributed by atoms with van der Waals surface area (Å²) in [6, 6.07) is 23.2. The third-order valence-corrected chi connectivity index (χ3v) is 3.18. The van der Waals surface area contributed by atoms with Gasteiger partial charge in [-0.2, -0.15) is 0 Å². The van der Waals surface area contributed by atoms with Crippen molar-refractivity contribution in [2.24, 2.45) is 0 Å². The Balaban J connectivity index is 0. The average molecular weight is 480 g/mol. The summed E-state index contributed by atoms with van der Waals surface area (Å²) < 4.78 is 0. The Morgan fingerprint density at radius 2 is 0.625 bits per heavy atom. The minimum atomic E-state index is 0. The number of rotatable bonds is 2. The Morgan fingerprint density at radius 3 is 0.750 bits per heavy atom. The van der Waals surface area contributed by atoms with Gasteiger partial charge in [-0.05, 0) is 48.5 Å². The number of aromatic nitrogens is 4. The van der Waals surface area contributed by atoms with Gasteiger partial charge in [0, 0.05) is 24.8 Å². The summed E-state index contributed by atoms with van der Waals surface area (Å²) in [6.07, 6.45) is 7.07. The molecule has 4 rings (SSSR count). The zero-order valence-corrected chi connectivity index (χ0v) is 19.9. The van der Waals surface area contributed by atoms with Crippen LogP contribution in [0.5, 0.6) is 0 Å². The molecular formula is C20H18N10OZn. The van der Waals surface area contributed by atoms with E-state index >= 15 is 0 Å². The number of hydrogen-bond acceptors (Lipinski definition) is 4. The van der Waals surface area contributed by atoms with Crippen molar-refractivity contribution in [1.82, 2.24) is 19.9 Å². The van der Waals surface area contributed by atoms with E-state index in [1.54, 1.807) is 24.8 Å². The van der Waals surface area contributed by atoms with Gasteiger partial charge in [-0.25, -0.2) is 0 Å². The van der Waals surface area contributed by atoms with Crippen LogP contribution >= 0.6 is 0 Å². The van der Waals surface area contributed by atoms with Crippen molar-refractivity contribution in [3.63, 3.8) is 0 Å². The van der Waals surface area contributed by atoms with E-state index in [0.717, 1.165) is 22.8 Å². The fraction of sp³-hybridized carbons (Fsp3) is 0. The van der Waals surface area contributed by atoms with Gasteiger partial charge in [-0.1, -0.05) is 24.3 Å². The maximum absolute atomic E-state index is 6.75. The van der Waals surface area contributed by atoms with Gasteiger partial charge in [0.05, 0.1) is 22.8 Å². The molecule has 0 aromatic carbocycles. The fourth-order valence-electron chi connectivity index (χ4n) is 2.06. The molecule has 0 amide bonds. The van der Waals surface area contributed by atoms with Gasteiger partial charge < -0.3 is 27.6 Å². The van der Waals surface area contributed by atoms with Crippen molar-refractivity contribution < 1.29 is 25.0 Å². The standard InChI is InChI=1S/2C10H8N2.2N3.H2O.Zn/c2*1-3-7-11-9(5-1)10-6-2-4-8-12-10;2*1-3-2;;/h2*1-8H;;;1H2;/q;;2*-1;;+2. The summed E-state index contributed by atoms with van der Waals surface area (Å²) in [7, 11) is 0. The summed E-state index contributed by atoms with van der Waals surface area (Å²) >= 11 is 0. The predicted molar refractivity (Wildman–Crippen MR) is 119 cm³/mol. The van der Waals surface area contributed by atoms with E-state index in [2.05, 4.69) is 19.9 Å². The Kier molecular flexibility index (Phi) is 18.8. The van der Waals surface area contributed by atoms with E-state index in [0.29, 0.717) is 0 Å². The molecule has 0 atom stereocenters. The molecule has 12 heteroatoms. The number of pyridine rings is 4. The molecule has 4 heterocycles. The van der Waals surface area contributed by atoms with Gasteiger partial charge in [-0.3, -0.25) is 29.8 Å². The van der Waals surface area contributed by atoms with Crippen LogP contribution in [-0.4, -0.2) is 25.4 Å². The van der Waals surface area contributed by atoms with Crippen molar-refractivity contribution in [2.75, 3.05) is 0 Å². The molecule has 0 spiro atoms. The van der Waals surface area contributed by atoms with Crippen molar-refractivity contribution in [1.29, 1.82) is 0 Å². The minimum absolute atomic E-state index is 0. The molecule has 156 valence electrons. The molecule has 0 aliphatic heterocycles. The normalized spacial score (nSPS) is 7.75. The molecule has 0 fully saturated rings. The predicted octanol–water partition coefficient (Wildman–Crippen LogP) is 5.19. The van der Waals surface area contributed by atoms with Crippen molar-refractivity contribution in [3.8, 4) is 22.8 Å². The Labute approximate surface area is 197 Å². The molecule has 0 unspecified atom stereocenters. The molecule has 32 heavy (non-hydrogen) atoms. The Morgan fingerprint density at radius 1 is 0.438 bits per heavy atom. The van der Waals surface area contributed by atoms with Crippen LogP contribution in [0.4, 0.5) is 0 Å². The van der Waals surface area contributed by atoms with E-state index < -0.39 is 0 Å². The van der Waals surface area contributed by atoms with E-state index in [1.807, 2.05) is 72.8 Å². The molecule has 4 aromatic rings. The largest absolute Gasteiger partial charge is 2.00 e. The topological polar surface area (TPSA) is 200 Å². The van der Waals surface area contributed by atoms with Gasteiger partial charge >= 0.3 is 19.5 Å². The zero-order valence-electron chi connectivity index (χ0n) is 16.9. The van der Waals surface area contributed by atoms with Gasteiger partial charge in [0.25, 0.3) is 0 Å². The summed E-state index contributed by atoms with van der Waals surface area (Å²) in [6.45, 7) is 0. The van der Waals surface area contributed by atoms with Crippen LogP contribution in [0.2, 0.25) is 0 Å². The maximum Gasteiger partial charge on any atom is 2.00 e. The fourth-order valence-corrected chi connectivity index (χ4v) is 2.06. The number of hydrogen-bond donors (Lipinski definition) is 0. The van der Waals surface area contributed by atoms with Crippen LogP contribution < -0.4 is 0 Å². The second kappa shape index (κ2) is 20.1. The first-order valence-corrected chi connectivity index (χ1v) is 8.38. The number of nitrogens with zero attached hydrogens (tertiary/aromatic N) is 10. The van der Waals surface area contributed by atoms with E-state index in [4.69, 9.17) is 22.1 Å². The van der Waals surface area contributed by atoms with Crippen molar-refractivity contribution in [2.45, 2.75) is 0 Å². The molecule has 2 N–H and O–H groups in total. The quantitative estimate of drug-likeness (QED) is 0.165. The van der Waals surface area contributed by atoms with Gasteiger partial charge in [-0.15, -0.1) is 0 Å². The first-order chi connectivity index (χ1) is 14.8. The van der Waals surface area contributed by atoms with Crippen LogP contribution in [-0.2, 0) is 19.5 Å². The first-order valence-electron chi connectivity index (χ1n) is 8.38. The first kappa shape index (κ1) is 30.0. The van der Waals surface area contributed by atoms with Gasteiger partial charge in [0.1, 0.15) is 0 Å². The van der Waals surface area contributed by atoms with Gasteiger partial charge in [0.15, 0.2) is 0 Å².